The molecule has 0 atom stereocenters. The van der Waals surface area contributed by atoms with Crippen molar-refractivity contribution in [1.82, 2.24) is 25.5 Å². The van der Waals surface area contributed by atoms with Crippen LogP contribution in [-0.4, -0.2) is 58.7 Å². The molecule has 1 N–H and O–H groups in total. The first-order valence-corrected chi connectivity index (χ1v) is 12.2. The number of nitrogens with one attached hydrogen (secondary N) is 1. The van der Waals surface area contributed by atoms with Gasteiger partial charge < -0.3 is 19.2 Å². The average molecular weight is 508 g/mol. The van der Waals surface area contributed by atoms with E-state index in [0.717, 1.165) is 35.3 Å². The number of tetrazole rings is 1. The molecule has 10 nitrogen and oxygen atoms in total. The first-order valence-electron chi connectivity index (χ1n) is 11.2. The van der Waals surface area contributed by atoms with Gasteiger partial charge in [-0.3, -0.25) is 0 Å². The maximum absolute atomic E-state index is 12.0. The van der Waals surface area contributed by atoms with E-state index < -0.39 is 11.9 Å². The van der Waals surface area contributed by atoms with Gasteiger partial charge in [-0.05, 0) is 65.9 Å². The molecule has 2 aromatic carbocycles. The molecule has 4 aromatic rings. The van der Waals surface area contributed by atoms with Gasteiger partial charge in [0.1, 0.15) is 11.5 Å². The van der Waals surface area contributed by atoms with E-state index in [1.165, 1.54) is 20.3 Å². The molecule has 36 heavy (non-hydrogen) atoms. The highest BCUT2D eigenvalue weighted by Gasteiger charge is 2.16. The highest BCUT2D eigenvalue weighted by atomic mass is 32.2. The third-order valence-electron chi connectivity index (χ3n) is 5.19. The van der Waals surface area contributed by atoms with E-state index in [2.05, 4.69) is 20.8 Å². The lowest BCUT2D eigenvalue weighted by Crippen LogP contribution is -2.14. The van der Waals surface area contributed by atoms with Gasteiger partial charge in [-0.25, -0.2) is 9.59 Å². The number of hydrogen-bond acceptors (Lipinski definition) is 10. The highest BCUT2D eigenvalue weighted by molar-refractivity contribution is 7.99. The molecule has 0 aliphatic carbocycles. The molecule has 11 heteroatoms. The monoisotopic (exact) mass is 507 g/mol. The van der Waals surface area contributed by atoms with Gasteiger partial charge in [-0.15, -0.1) is 5.10 Å². The zero-order valence-corrected chi connectivity index (χ0v) is 20.7. The van der Waals surface area contributed by atoms with E-state index in [0.29, 0.717) is 17.9 Å². The minimum Gasteiger partial charge on any atom is -0.465 e. The van der Waals surface area contributed by atoms with Crippen molar-refractivity contribution in [2.24, 2.45) is 0 Å². The topological polar surface area (TPSA) is 121 Å². The Morgan fingerprint density at radius 2 is 1.72 bits per heavy atom. The minimum absolute atomic E-state index is 0.238. The third kappa shape index (κ3) is 6.18. The number of benzene rings is 2. The van der Waals surface area contributed by atoms with Crippen LogP contribution < -0.4 is 5.32 Å². The summed E-state index contributed by atoms with van der Waals surface area (Å²) in [7, 11) is 2.57. The summed E-state index contributed by atoms with van der Waals surface area (Å²) in [5, 5.41) is 16.1. The molecule has 0 bridgehead atoms. The summed E-state index contributed by atoms with van der Waals surface area (Å²) >= 11 is 1.59. The maximum atomic E-state index is 12.0. The van der Waals surface area contributed by atoms with Gasteiger partial charge in [0.15, 0.2) is 0 Å². The second-order valence-electron chi connectivity index (χ2n) is 7.64. The second-order valence-corrected chi connectivity index (χ2v) is 8.70. The molecule has 0 spiro atoms. The quantitative estimate of drug-likeness (QED) is 0.182. The lowest BCUT2D eigenvalue weighted by molar-refractivity contribution is 0.0599. The van der Waals surface area contributed by atoms with Crippen LogP contribution in [0.15, 0.2) is 70.2 Å². The fourth-order valence-corrected chi connectivity index (χ4v) is 4.27. The Hall–Kier alpha value is -3.96. The number of esters is 2. The number of methoxy groups -OCH3 is 2. The van der Waals surface area contributed by atoms with Crippen LogP contribution in [-0.2, 0) is 16.0 Å². The van der Waals surface area contributed by atoms with E-state index in [1.54, 1.807) is 34.6 Å². The lowest BCUT2D eigenvalue weighted by Gasteiger charge is -2.07. The molecule has 186 valence electrons. The standard InChI is InChI=1S/C25H25N5O5S/c1-33-23(31)18-13-17(14-19(15-18)24(32)34-2)22-10-9-21(35-22)16-26-11-6-12-36-25-27-28-29-30(25)20-7-4-3-5-8-20/h3-5,7-10,13-15,26H,6,11-12,16H2,1-2H3. The Balaban J connectivity index is 1.29. The first kappa shape index (κ1) is 25.1. The van der Waals surface area contributed by atoms with Gasteiger partial charge in [0.2, 0.25) is 5.16 Å². The van der Waals surface area contributed by atoms with Crippen LogP contribution in [0.2, 0.25) is 0 Å². The molecule has 2 heterocycles. The van der Waals surface area contributed by atoms with Gasteiger partial charge >= 0.3 is 11.9 Å². The van der Waals surface area contributed by atoms with Gasteiger partial charge in [0.25, 0.3) is 0 Å². The minimum atomic E-state index is -0.550. The Morgan fingerprint density at radius 1 is 1.00 bits per heavy atom. The SMILES string of the molecule is COC(=O)c1cc(C(=O)OC)cc(-c2ccc(CNCCCSc3nnnn3-c3ccccc3)o2)c1. The summed E-state index contributed by atoms with van der Waals surface area (Å²) in [4.78, 5) is 24.1. The van der Waals surface area contributed by atoms with E-state index in [9.17, 15) is 9.59 Å². The fourth-order valence-electron chi connectivity index (χ4n) is 3.44. The number of rotatable bonds is 11. The van der Waals surface area contributed by atoms with Crippen LogP contribution in [0.4, 0.5) is 0 Å². The number of furan rings is 1. The average Bonchev–Trinajstić information content (AvgIpc) is 3.60. The molecule has 0 aliphatic heterocycles. The van der Waals surface area contributed by atoms with Crippen molar-refractivity contribution in [2.45, 2.75) is 18.1 Å². The van der Waals surface area contributed by atoms with Crippen LogP contribution in [0.1, 0.15) is 32.9 Å². The predicted octanol–water partition coefficient (Wildman–Crippen LogP) is 3.77. The zero-order valence-electron chi connectivity index (χ0n) is 19.8. The summed E-state index contributed by atoms with van der Waals surface area (Å²) in [5.74, 6) is 1.01. The highest BCUT2D eigenvalue weighted by Crippen LogP contribution is 2.26. The number of hydrogen-bond donors (Lipinski definition) is 1. The summed E-state index contributed by atoms with van der Waals surface area (Å²) < 4.78 is 17.2. The van der Waals surface area contributed by atoms with Gasteiger partial charge in [-0.1, -0.05) is 30.0 Å². The third-order valence-corrected chi connectivity index (χ3v) is 6.20. The van der Waals surface area contributed by atoms with Gasteiger partial charge in [0, 0.05) is 11.3 Å². The smallest absolute Gasteiger partial charge is 0.337 e. The molecule has 0 saturated carbocycles. The number of para-hydroxylation sites is 1. The van der Waals surface area contributed by atoms with E-state index >= 15 is 0 Å². The number of carbonyl (C=O) groups is 2. The maximum Gasteiger partial charge on any atom is 0.337 e. The molecule has 0 saturated heterocycles. The van der Waals surface area contributed by atoms with Crippen LogP contribution in [0.25, 0.3) is 17.0 Å². The van der Waals surface area contributed by atoms with Crippen LogP contribution in [0.3, 0.4) is 0 Å². The van der Waals surface area contributed by atoms with Crippen molar-refractivity contribution >= 4 is 23.7 Å². The normalized spacial score (nSPS) is 10.8. The Kier molecular flexibility index (Phi) is 8.48. The van der Waals surface area contributed by atoms with Crippen molar-refractivity contribution in [3.05, 3.63) is 77.6 Å². The Bertz CT molecular complexity index is 1290. The number of aromatic nitrogens is 4. The number of carbonyl (C=O) groups excluding carboxylic acids is 2. The van der Waals surface area contributed by atoms with Crippen LogP contribution in [0, 0.1) is 0 Å². The predicted molar refractivity (Wildman–Crippen MR) is 133 cm³/mol. The fraction of sp³-hybridized carbons (Fsp3) is 0.240. The zero-order chi connectivity index (χ0) is 25.3. The largest absolute Gasteiger partial charge is 0.465 e. The second kappa shape index (κ2) is 12.1. The van der Waals surface area contributed by atoms with Crippen LogP contribution >= 0.6 is 11.8 Å². The first-order chi connectivity index (χ1) is 17.6. The number of ether oxygens (including phenoxy) is 2. The molecule has 0 radical (unpaired) electrons. The molecule has 2 aromatic heterocycles. The molecule has 0 aliphatic rings. The van der Waals surface area contributed by atoms with Gasteiger partial charge in [-0.2, -0.15) is 4.68 Å². The van der Waals surface area contributed by atoms with E-state index in [4.69, 9.17) is 13.9 Å². The summed E-state index contributed by atoms with van der Waals surface area (Å²) in [5.41, 5.74) is 1.98. The van der Waals surface area contributed by atoms with Crippen molar-refractivity contribution in [3.63, 3.8) is 0 Å². The van der Waals surface area contributed by atoms with Crippen molar-refractivity contribution in [2.75, 3.05) is 26.5 Å². The van der Waals surface area contributed by atoms with E-state index in [1.807, 2.05) is 36.4 Å². The van der Waals surface area contributed by atoms with Crippen molar-refractivity contribution in [3.8, 4) is 17.0 Å². The summed E-state index contributed by atoms with van der Waals surface area (Å²) in [6.07, 6.45) is 0.906. The summed E-state index contributed by atoms with van der Waals surface area (Å²) in [6, 6.07) is 18.1. The molecule has 0 amide bonds. The van der Waals surface area contributed by atoms with Crippen molar-refractivity contribution in [1.29, 1.82) is 0 Å². The molecule has 4 rings (SSSR count). The summed E-state index contributed by atoms with van der Waals surface area (Å²) in [6.45, 7) is 1.31. The number of nitrogens with zero attached hydrogens (tertiary/aromatic N) is 4. The molecule has 0 fully saturated rings. The Morgan fingerprint density at radius 3 is 2.42 bits per heavy atom. The number of thioether (sulfide) groups is 1. The molecule has 0 unspecified atom stereocenters. The molecular weight excluding hydrogens is 482 g/mol. The molecular formula is C25H25N5O5S. The van der Waals surface area contributed by atoms with Gasteiger partial charge in [0.05, 0.1) is 37.6 Å². The Labute approximate surface area is 212 Å². The van der Waals surface area contributed by atoms with E-state index in [-0.39, 0.29) is 11.1 Å². The lowest BCUT2D eigenvalue weighted by atomic mass is 10.0. The van der Waals surface area contributed by atoms with Crippen molar-refractivity contribution < 1.29 is 23.5 Å². The van der Waals surface area contributed by atoms with Crippen LogP contribution in [0.5, 0.6) is 0 Å².